The van der Waals surface area contributed by atoms with Gasteiger partial charge >= 0.3 is 5.97 Å². The van der Waals surface area contributed by atoms with Crippen LogP contribution in [-0.2, 0) is 14.3 Å². The number of amides is 1. The number of nitrogens with one attached hydrogen (secondary N) is 2. The number of ether oxygens (including phenoxy) is 1. The third-order valence-corrected chi connectivity index (χ3v) is 2.56. The highest BCUT2D eigenvalue weighted by molar-refractivity contribution is 6.04. The summed E-state index contributed by atoms with van der Waals surface area (Å²) in [4.78, 5) is 22.7. The van der Waals surface area contributed by atoms with E-state index in [0.29, 0.717) is 0 Å². The number of carbonyl (C=O) groups is 2. The average Bonchev–Trinajstić information content (AvgIpc) is 2.32. The van der Waals surface area contributed by atoms with Gasteiger partial charge in [-0.1, -0.05) is 0 Å². The molecule has 2 rings (SSSR count). The third kappa shape index (κ3) is 2.24. The fourth-order valence-electron chi connectivity index (χ4n) is 1.64. The molecule has 1 amide bonds. The van der Waals surface area contributed by atoms with Gasteiger partial charge in [-0.25, -0.2) is 8.78 Å². The summed E-state index contributed by atoms with van der Waals surface area (Å²) in [6.45, 7) is 0. The molecule has 1 aromatic rings. The SMILES string of the molecule is COC(=O)CC1Nc2cc(F)c(F)cc2NC1=O. The summed E-state index contributed by atoms with van der Waals surface area (Å²) in [7, 11) is 1.20. The first-order chi connectivity index (χ1) is 8.51. The Morgan fingerprint density at radius 3 is 2.56 bits per heavy atom. The van der Waals surface area contributed by atoms with E-state index >= 15 is 0 Å². The zero-order valence-corrected chi connectivity index (χ0v) is 9.42. The Hall–Kier alpha value is -2.18. The second-order valence-electron chi connectivity index (χ2n) is 3.78. The lowest BCUT2D eigenvalue weighted by atomic mass is 10.1. The number of hydrogen-bond donors (Lipinski definition) is 2. The van der Waals surface area contributed by atoms with Gasteiger partial charge in [0, 0.05) is 12.1 Å². The summed E-state index contributed by atoms with van der Waals surface area (Å²) >= 11 is 0. The molecule has 0 aliphatic carbocycles. The Bertz CT molecular complexity index is 519. The molecule has 0 aromatic heterocycles. The molecule has 1 aromatic carbocycles. The first kappa shape index (κ1) is 12.3. The maximum absolute atomic E-state index is 13.0. The van der Waals surface area contributed by atoms with Gasteiger partial charge in [0.25, 0.3) is 0 Å². The minimum Gasteiger partial charge on any atom is -0.469 e. The molecule has 0 saturated heterocycles. The number of halogens is 2. The molecule has 1 heterocycles. The van der Waals surface area contributed by atoms with Crippen LogP contribution in [0, 0.1) is 11.6 Å². The second kappa shape index (κ2) is 4.59. The van der Waals surface area contributed by atoms with Gasteiger partial charge in [-0.15, -0.1) is 0 Å². The van der Waals surface area contributed by atoms with E-state index in [4.69, 9.17) is 0 Å². The predicted molar refractivity (Wildman–Crippen MR) is 59.0 cm³/mol. The Morgan fingerprint density at radius 1 is 1.33 bits per heavy atom. The summed E-state index contributed by atoms with van der Waals surface area (Å²) < 4.78 is 30.4. The van der Waals surface area contributed by atoms with Gasteiger partial charge in [0.2, 0.25) is 5.91 Å². The van der Waals surface area contributed by atoms with Gasteiger partial charge in [0.05, 0.1) is 24.9 Å². The van der Waals surface area contributed by atoms with Crippen molar-refractivity contribution >= 4 is 23.3 Å². The van der Waals surface area contributed by atoms with Crippen molar-refractivity contribution in [1.29, 1.82) is 0 Å². The van der Waals surface area contributed by atoms with E-state index in [1.165, 1.54) is 7.11 Å². The van der Waals surface area contributed by atoms with Gasteiger partial charge in [-0.3, -0.25) is 9.59 Å². The first-order valence-electron chi connectivity index (χ1n) is 5.14. The van der Waals surface area contributed by atoms with Crippen molar-refractivity contribution in [1.82, 2.24) is 0 Å². The summed E-state index contributed by atoms with van der Waals surface area (Å²) in [6.07, 6.45) is -0.194. The largest absolute Gasteiger partial charge is 0.469 e. The standard InChI is InChI=1S/C11H10F2N2O3/c1-18-10(16)4-9-11(17)15-8-3-6(13)5(12)2-7(8)14-9/h2-3,9,14H,4H2,1H3,(H,15,17). The number of hydrogen-bond acceptors (Lipinski definition) is 4. The molecular weight excluding hydrogens is 246 g/mol. The van der Waals surface area contributed by atoms with E-state index in [0.717, 1.165) is 12.1 Å². The monoisotopic (exact) mass is 256 g/mol. The van der Waals surface area contributed by atoms with E-state index in [1.807, 2.05) is 0 Å². The number of methoxy groups -OCH3 is 1. The lowest BCUT2D eigenvalue weighted by molar-refractivity contribution is -0.142. The van der Waals surface area contributed by atoms with Gasteiger partial charge < -0.3 is 15.4 Å². The van der Waals surface area contributed by atoms with Crippen LogP contribution in [0.15, 0.2) is 12.1 Å². The number of carbonyl (C=O) groups excluding carboxylic acids is 2. The Kier molecular flexibility index (Phi) is 3.14. The molecule has 1 atom stereocenters. The topological polar surface area (TPSA) is 67.4 Å². The first-order valence-corrected chi connectivity index (χ1v) is 5.14. The lowest BCUT2D eigenvalue weighted by Gasteiger charge is -2.26. The second-order valence-corrected chi connectivity index (χ2v) is 3.78. The van der Waals surface area contributed by atoms with Crippen molar-refractivity contribution in [2.45, 2.75) is 12.5 Å². The lowest BCUT2D eigenvalue weighted by Crippen LogP contribution is -2.40. The van der Waals surface area contributed by atoms with Gasteiger partial charge in [-0.05, 0) is 0 Å². The van der Waals surface area contributed by atoms with E-state index < -0.39 is 29.6 Å². The molecule has 0 radical (unpaired) electrons. The smallest absolute Gasteiger partial charge is 0.308 e. The van der Waals surface area contributed by atoms with Crippen molar-refractivity contribution in [2.24, 2.45) is 0 Å². The van der Waals surface area contributed by atoms with Crippen LogP contribution >= 0.6 is 0 Å². The van der Waals surface area contributed by atoms with E-state index in [9.17, 15) is 18.4 Å². The zero-order valence-electron chi connectivity index (χ0n) is 9.42. The molecule has 18 heavy (non-hydrogen) atoms. The van der Waals surface area contributed by atoms with Crippen LogP contribution in [0.3, 0.4) is 0 Å². The van der Waals surface area contributed by atoms with Gasteiger partial charge in [-0.2, -0.15) is 0 Å². The number of anilines is 2. The van der Waals surface area contributed by atoms with Crippen LogP contribution < -0.4 is 10.6 Å². The van der Waals surface area contributed by atoms with Crippen LogP contribution in [0.5, 0.6) is 0 Å². The van der Waals surface area contributed by atoms with Crippen LogP contribution in [0.4, 0.5) is 20.2 Å². The quantitative estimate of drug-likeness (QED) is 0.782. The number of fused-ring (bicyclic) bond motifs is 1. The molecule has 1 unspecified atom stereocenters. The minimum atomic E-state index is -1.05. The molecule has 5 nitrogen and oxygen atoms in total. The number of rotatable bonds is 2. The molecule has 7 heteroatoms. The van der Waals surface area contributed by atoms with Crippen molar-refractivity contribution in [3.05, 3.63) is 23.8 Å². The summed E-state index contributed by atoms with van der Waals surface area (Å²) in [6, 6.07) is 0.938. The van der Waals surface area contributed by atoms with Crippen LogP contribution in [0.2, 0.25) is 0 Å². The van der Waals surface area contributed by atoms with E-state index in [2.05, 4.69) is 15.4 Å². The van der Waals surface area contributed by atoms with Gasteiger partial charge in [0.1, 0.15) is 6.04 Å². The Labute approximate surface area is 101 Å². The predicted octanol–water partition coefficient (Wildman–Crippen LogP) is 1.26. The fraction of sp³-hybridized carbons (Fsp3) is 0.273. The third-order valence-electron chi connectivity index (χ3n) is 2.56. The molecule has 96 valence electrons. The molecule has 0 fully saturated rings. The van der Waals surface area contributed by atoms with Crippen LogP contribution in [0.25, 0.3) is 0 Å². The van der Waals surface area contributed by atoms with E-state index in [-0.39, 0.29) is 17.8 Å². The average molecular weight is 256 g/mol. The maximum atomic E-state index is 13.0. The highest BCUT2D eigenvalue weighted by Gasteiger charge is 2.28. The molecule has 0 bridgehead atoms. The number of benzene rings is 1. The van der Waals surface area contributed by atoms with E-state index in [1.54, 1.807) is 0 Å². The molecule has 0 saturated carbocycles. The molecule has 1 aliphatic heterocycles. The highest BCUT2D eigenvalue weighted by atomic mass is 19.2. The Balaban J connectivity index is 2.24. The van der Waals surface area contributed by atoms with Crippen LogP contribution in [0.1, 0.15) is 6.42 Å². The fourth-order valence-corrected chi connectivity index (χ4v) is 1.64. The Morgan fingerprint density at radius 2 is 1.94 bits per heavy atom. The summed E-state index contributed by atoms with van der Waals surface area (Å²) in [5.41, 5.74) is 0.363. The summed E-state index contributed by atoms with van der Waals surface area (Å²) in [5.74, 6) is -3.16. The molecule has 1 aliphatic rings. The number of esters is 1. The van der Waals surface area contributed by atoms with Crippen molar-refractivity contribution in [2.75, 3.05) is 17.7 Å². The van der Waals surface area contributed by atoms with Crippen molar-refractivity contribution in [3.63, 3.8) is 0 Å². The molecular formula is C11H10F2N2O3. The van der Waals surface area contributed by atoms with Crippen LogP contribution in [-0.4, -0.2) is 25.0 Å². The van der Waals surface area contributed by atoms with Crippen molar-refractivity contribution < 1.29 is 23.1 Å². The van der Waals surface area contributed by atoms with Crippen molar-refractivity contribution in [3.8, 4) is 0 Å². The highest BCUT2D eigenvalue weighted by Crippen LogP contribution is 2.29. The normalized spacial score (nSPS) is 17.5. The summed E-state index contributed by atoms with van der Waals surface area (Å²) in [5, 5.41) is 5.05. The molecule has 0 spiro atoms. The van der Waals surface area contributed by atoms with Gasteiger partial charge in [0.15, 0.2) is 11.6 Å². The zero-order chi connectivity index (χ0) is 13.3. The minimum absolute atomic E-state index is 0.139. The molecule has 2 N–H and O–H groups in total. The maximum Gasteiger partial charge on any atom is 0.308 e.